The van der Waals surface area contributed by atoms with Gasteiger partial charge in [0.2, 0.25) is 0 Å². The van der Waals surface area contributed by atoms with E-state index in [1.807, 2.05) is 14.0 Å². The molecule has 1 aromatic heterocycles. The molecule has 1 amide bonds. The topological polar surface area (TPSA) is 33.2 Å². The highest BCUT2D eigenvalue weighted by Crippen LogP contribution is 2.25. The molecule has 0 saturated heterocycles. The zero-order valence-electron chi connectivity index (χ0n) is 10.9. The first-order valence-corrected chi connectivity index (χ1v) is 6.83. The lowest BCUT2D eigenvalue weighted by atomic mass is 10.1. The van der Waals surface area contributed by atoms with E-state index < -0.39 is 0 Å². The highest BCUT2D eigenvalue weighted by molar-refractivity contribution is 6.29. The summed E-state index contributed by atoms with van der Waals surface area (Å²) in [5.41, 5.74) is 1.41. The molecule has 4 heteroatoms. The maximum Gasteiger partial charge on any atom is 0.253 e. The first-order valence-electron chi connectivity index (χ1n) is 6.46. The van der Waals surface area contributed by atoms with Crippen LogP contribution in [0.25, 0.3) is 0 Å². The van der Waals surface area contributed by atoms with Crippen LogP contribution in [0.3, 0.4) is 0 Å². The van der Waals surface area contributed by atoms with Crippen LogP contribution in [-0.4, -0.2) is 29.4 Å². The van der Waals surface area contributed by atoms with E-state index in [0.29, 0.717) is 16.6 Å². The molecule has 0 radical (unpaired) electrons. The fourth-order valence-corrected chi connectivity index (χ4v) is 2.89. The number of rotatable bonds is 3. The predicted molar refractivity (Wildman–Crippen MR) is 72.9 cm³/mol. The number of hydrogen-bond donors (Lipinski definition) is 0. The molecule has 0 unspecified atom stereocenters. The minimum absolute atomic E-state index is 0.0364. The van der Waals surface area contributed by atoms with Crippen molar-refractivity contribution in [1.29, 1.82) is 0 Å². The minimum Gasteiger partial charge on any atom is -0.341 e. The summed E-state index contributed by atoms with van der Waals surface area (Å²) in [7, 11) is 1.87. The van der Waals surface area contributed by atoms with Crippen LogP contribution in [0.15, 0.2) is 12.1 Å². The van der Waals surface area contributed by atoms with Gasteiger partial charge in [0, 0.05) is 24.8 Å². The van der Waals surface area contributed by atoms with Crippen molar-refractivity contribution in [3.8, 4) is 0 Å². The van der Waals surface area contributed by atoms with E-state index in [1.54, 1.807) is 17.0 Å². The highest BCUT2D eigenvalue weighted by Gasteiger charge is 2.20. The molecule has 1 aromatic rings. The van der Waals surface area contributed by atoms with E-state index in [2.05, 4.69) is 4.98 Å². The van der Waals surface area contributed by atoms with Gasteiger partial charge >= 0.3 is 0 Å². The first-order chi connectivity index (χ1) is 8.56. The lowest BCUT2D eigenvalue weighted by Crippen LogP contribution is -2.31. The maximum atomic E-state index is 12.3. The second kappa shape index (κ2) is 5.70. The number of nitrogens with zero attached hydrogens (tertiary/aromatic N) is 2. The molecule has 1 heterocycles. The number of pyridine rings is 1. The fraction of sp³-hybridized carbons (Fsp3) is 0.571. The zero-order valence-corrected chi connectivity index (χ0v) is 11.7. The Morgan fingerprint density at radius 2 is 2.11 bits per heavy atom. The van der Waals surface area contributed by atoms with E-state index in [9.17, 15) is 4.79 Å². The molecule has 0 spiro atoms. The largest absolute Gasteiger partial charge is 0.341 e. The molecule has 2 rings (SSSR count). The lowest BCUT2D eigenvalue weighted by Gasteiger charge is -2.21. The van der Waals surface area contributed by atoms with Crippen molar-refractivity contribution in [2.24, 2.45) is 5.92 Å². The van der Waals surface area contributed by atoms with E-state index in [4.69, 9.17) is 11.6 Å². The van der Waals surface area contributed by atoms with Crippen molar-refractivity contribution in [1.82, 2.24) is 9.88 Å². The molecule has 1 aliphatic rings. The van der Waals surface area contributed by atoms with Crippen molar-refractivity contribution in [2.45, 2.75) is 32.6 Å². The molecule has 98 valence electrons. The van der Waals surface area contributed by atoms with Crippen molar-refractivity contribution in [3.63, 3.8) is 0 Å². The summed E-state index contributed by atoms with van der Waals surface area (Å²) in [5, 5.41) is 0.382. The van der Waals surface area contributed by atoms with Crippen molar-refractivity contribution >= 4 is 17.5 Å². The third-order valence-corrected chi connectivity index (χ3v) is 3.72. The van der Waals surface area contributed by atoms with Crippen LogP contribution in [0.1, 0.15) is 41.7 Å². The molecule has 1 fully saturated rings. The quantitative estimate of drug-likeness (QED) is 0.787. The van der Waals surface area contributed by atoms with Gasteiger partial charge in [0.05, 0.1) is 0 Å². The maximum absolute atomic E-state index is 12.3. The number of aryl methyl sites for hydroxylation is 1. The summed E-state index contributed by atoms with van der Waals surface area (Å²) in [4.78, 5) is 18.2. The number of carbonyl (C=O) groups is 1. The minimum atomic E-state index is 0.0364. The Hall–Kier alpha value is -1.09. The van der Waals surface area contributed by atoms with Crippen molar-refractivity contribution in [2.75, 3.05) is 13.6 Å². The SMILES string of the molecule is Cc1cc(C(=O)N(C)CC2CCCC2)cc(Cl)n1. The van der Waals surface area contributed by atoms with Gasteiger partial charge in [0.1, 0.15) is 5.15 Å². The second-order valence-corrected chi connectivity index (χ2v) is 5.54. The van der Waals surface area contributed by atoms with E-state index in [0.717, 1.165) is 12.2 Å². The van der Waals surface area contributed by atoms with Gasteiger partial charge in [0.15, 0.2) is 0 Å². The standard InChI is InChI=1S/C14H19ClN2O/c1-10-7-12(8-13(15)16-10)14(18)17(2)9-11-5-3-4-6-11/h7-8,11H,3-6,9H2,1-2H3. The van der Waals surface area contributed by atoms with Gasteiger partial charge in [-0.3, -0.25) is 4.79 Å². The first kappa shape index (κ1) is 13.3. The Morgan fingerprint density at radius 3 is 2.72 bits per heavy atom. The number of hydrogen-bond acceptors (Lipinski definition) is 2. The molecule has 0 aliphatic heterocycles. The number of halogens is 1. The van der Waals surface area contributed by atoms with Gasteiger partial charge in [-0.15, -0.1) is 0 Å². The van der Waals surface area contributed by atoms with Crippen LogP contribution in [0.4, 0.5) is 0 Å². The molecular formula is C14H19ClN2O. The van der Waals surface area contributed by atoms with Gasteiger partial charge in [-0.25, -0.2) is 4.98 Å². The van der Waals surface area contributed by atoms with Gasteiger partial charge < -0.3 is 4.90 Å². The summed E-state index contributed by atoms with van der Waals surface area (Å²) < 4.78 is 0. The van der Waals surface area contributed by atoms with Crippen LogP contribution in [0, 0.1) is 12.8 Å². The Balaban J connectivity index is 2.04. The molecule has 0 bridgehead atoms. The Labute approximate surface area is 113 Å². The molecule has 3 nitrogen and oxygen atoms in total. The molecule has 1 aliphatic carbocycles. The fourth-order valence-electron chi connectivity index (χ4n) is 2.64. The van der Waals surface area contributed by atoms with Crippen LogP contribution in [-0.2, 0) is 0 Å². The van der Waals surface area contributed by atoms with Gasteiger partial charge in [0.25, 0.3) is 5.91 Å². The molecule has 1 saturated carbocycles. The van der Waals surface area contributed by atoms with E-state index in [1.165, 1.54) is 25.7 Å². The average Bonchev–Trinajstić information content (AvgIpc) is 2.79. The average molecular weight is 267 g/mol. The Morgan fingerprint density at radius 1 is 1.44 bits per heavy atom. The summed E-state index contributed by atoms with van der Waals surface area (Å²) >= 11 is 5.89. The highest BCUT2D eigenvalue weighted by atomic mass is 35.5. The smallest absolute Gasteiger partial charge is 0.253 e. The van der Waals surface area contributed by atoms with Crippen LogP contribution < -0.4 is 0 Å². The number of amides is 1. The normalized spacial score (nSPS) is 15.9. The monoisotopic (exact) mass is 266 g/mol. The third kappa shape index (κ3) is 3.22. The second-order valence-electron chi connectivity index (χ2n) is 5.16. The lowest BCUT2D eigenvalue weighted by molar-refractivity contribution is 0.0773. The van der Waals surface area contributed by atoms with Crippen LogP contribution in [0.5, 0.6) is 0 Å². The van der Waals surface area contributed by atoms with Crippen molar-refractivity contribution in [3.05, 3.63) is 28.5 Å². The zero-order chi connectivity index (χ0) is 13.1. The summed E-state index contributed by atoms with van der Waals surface area (Å²) in [6.07, 6.45) is 5.08. The Bertz CT molecular complexity index is 421. The van der Waals surface area contributed by atoms with E-state index >= 15 is 0 Å². The van der Waals surface area contributed by atoms with Crippen LogP contribution in [0.2, 0.25) is 5.15 Å². The molecular weight excluding hydrogens is 248 g/mol. The van der Waals surface area contributed by atoms with Gasteiger partial charge in [-0.05, 0) is 37.8 Å². The predicted octanol–water partition coefficient (Wildman–Crippen LogP) is 3.31. The molecule has 0 aromatic carbocycles. The number of aromatic nitrogens is 1. The van der Waals surface area contributed by atoms with Crippen LogP contribution >= 0.6 is 11.6 Å². The van der Waals surface area contributed by atoms with E-state index in [-0.39, 0.29) is 5.91 Å². The summed E-state index contributed by atoms with van der Waals surface area (Å²) in [6.45, 7) is 2.69. The summed E-state index contributed by atoms with van der Waals surface area (Å²) in [5.74, 6) is 0.701. The van der Waals surface area contributed by atoms with Gasteiger partial charge in [-0.2, -0.15) is 0 Å². The summed E-state index contributed by atoms with van der Waals surface area (Å²) in [6, 6.07) is 3.43. The van der Waals surface area contributed by atoms with Crippen molar-refractivity contribution < 1.29 is 4.79 Å². The molecule has 0 N–H and O–H groups in total. The molecule has 18 heavy (non-hydrogen) atoms. The third-order valence-electron chi connectivity index (χ3n) is 3.52. The number of carbonyl (C=O) groups excluding carboxylic acids is 1. The van der Waals surface area contributed by atoms with Gasteiger partial charge in [-0.1, -0.05) is 24.4 Å². The molecule has 0 atom stereocenters. The Kier molecular flexibility index (Phi) is 4.23.